The van der Waals surface area contributed by atoms with Crippen LogP contribution in [-0.2, 0) is 6.42 Å². The SMILES string of the molecule is CCc1nc2ccccc2n1-c1ccc(-c2c3ccccc3c(-c3ccc4c(c3)sc3c5ccccc5c5ccccc5c43)c3ccccc23)cc1. The zero-order valence-electron chi connectivity index (χ0n) is 28.6. The lowest BCUT2D eigenvalue weighted by molar-refractivity contribution is 0.908. The van der Waals surface area contributed by atoms with Gasteiger partial charge in [-0.1, -0.05) is 140 Å². The molecule has 0 radical (unpaired) electrons. The van der Waals surface area contributed by atoms with E-state index in [1.165, 1.54) is 85.5 Å². The monoisotopic (exact) mass is 680 g/mol. The summed E-state index contributed by atoms with van der Waals surface area (Å²) in [5.41, 5.74) is 8.34. The summed E-state index contributed by atoms with van der Waals surface area (Å²) in [5, 5.41) is 13.1. The molecule has 52 heavy (non-hydrogen) atoms. The third kappa shape index (κ3) is 4.20. The van der Waals surface area contributed by atoms with Crippen LogP contribution in [0, 0.1) is 0 Å². The van der Waals surface area contributed by atoms with E-state index in [1.54, 1.807) is 0 Å². The zero-order valence-corrected chi connectivity index (χ0v) is 29.4. The average Bonchev–Trinajstić information content (AvgIpc) is 3.79. The Morgan fingerprint density at radius 2 is 1.00 bits per heavy atom. The van der Waals surface area contributed by atoms with Crippen LogP contribution in [0.15, 0.2) is 164 Å². The van der Waals surface area contributed by atoms with E-state index in [9.17, 15) is 0 Å². The molecule has 0 aliphatic carbocycles. The minimum atomic E-state index is 0.869. The van der Waals surface area contributed by atoms with Crippen molar-refractivity contribution < 1.29 is 0 Å². The highest BCUT2D eigenvalue weighted by Gasteiger charge is 2.19. The van der Waals surface area contributed by atoms with Crippen molar-refractivity contribution in [2.45, 2.75) is 13.3 Å². The van der Waals surface area contributed by atoms with E-state index in [4.69, 9.17) is 4.98 Å². The zero-order chi connectivity index (χ0) is 34.3. The van der Waals surface area contributed by atoms with Gasteiger partial charge in [0.15, 0.2) is 0 Å². The molecule has 0 saturated heterocycles. The van der Waals surface area contributed by atoms with E-state index in [1.807, 2.05) is 11.3 Å². The van der Waals surface area contributed by atoms with E-state index < -0.39 is 0 Å². The first-order valence-corrected chi connectivity index (χ1v) is 18.8. The van der Waals surface area contributed by atoms with Crippen LogP contribution in [0.3, 0.4) is 0 Å². The standard InChI is InChI=1S/C49H32N2S/c1-2-45-50-42-21-11-12-22-43(42)51(45)32-26-23-30(24-27-32)46-36-16-6-8-18-38(36)47(39-19-9-7-17-37(39)46)31-25-28-41-44(29-31)52-49-40-20-10-4-14-34(40)33-13-3-5-15-35(33)48(41)49/h3-29H,2H2,1H3. The smallest absolute Gasteiger partial charge is 0.114 e. The lowest BCUT2D eigenvalue weighted by atomic mass is 9.86. The predicted octanol–water partition coefficient (Wildman–Crippen LogP) is 13.9. The summed E-state index contributed by atoms with van der Waals surface area (Å²) in [4.78, 5) is 4.93. The summed E-state index contributed by atoms with van der Waals surface area (Å²) >= 11 is 1.92. The molecule has 0 N–H and O–H groups in total. The number of hydrogen-bond donors (Lipinski definition) is 0. The number of rotatable bonds is 4. The van der Waals surface area contributed by atoms with Crippen LogP contribution in [0.25, 0.3) is 102 Å². The molecule has 0 fully saturated rings. The van der Waals surface area contributed by atoms with Crippen molar-refractivity contribution in [1.82, 2.24) is 9.55 Å². The van der Waals surface area contributed by atoms with Crippen LogP contribution in [0.1, 0.15) is 12.7 Å². The summed E-state index contributed by atoms with van der Waals surface area (Å²) in [6.07, 6.45) is 0.869. The van der Waals surface area contributed by atoms with E-state index >= 15 is 0 Å². The van der Waals surface area contributed by atoms with Crippen molar-refractivity contribution >= 4 is 85.6 Å². The maximum absolute atomic E-state index is 4.93. The molecule has 11 rings (SSSR count). The topological polar surface area (TPSA) is 17.8 Å². The molecule has 244 valence electrons. The second kappa shape index (κ2) is 11.4. The van der Waals surface area contributed by atoms with Gasteiger partial charge in [-0.3, -0.25) is 4.57 Å². The molecule has 0 unspecified atom stereocenters. The van der Waals surface area contributed by atoms with Crippen LogP contribution >= 0.6 is 11.3 Å². The highest BCUT2D eigenvalue weighted by Crippen LogP contribution is 2.48. The first-order valence-electron chi connectivity index (χ1n) is 18.0. The predicted molar refractivity (Wildman–Crippen MR) is 224 cm³/mol. The quantitative estimate of drug-likeness (QED) is 0.134. The normalized spacial score (nSPS) is 12.0. The van der Waals surface area contributed by atoms with Gasteiger partial charge in [0.05, 0.1) is 11.0 Å². The maximum Gasteiger partial charge on any atom is 0.114 e. The number of benzene rings is 9. The Balaban J connectivity index is 1.13. The summed E-state index contributed by atoms with van der Waals surface area (Å²) in [6.45, 7) is 2.17. The number of hydrogen-bond acceptors (Lipinski definition) is 2. The molecule has 2 heterocycles. The summed E-state index contributed by atoms with van der Waals surface area (Å²) in [7, 11) is 0. The number of thiophene rings is 1. The van der Waals surface area contributed by atoms with Gasteiger partial charge in [0.25, 0.3) is 0 Å². The van der Waals surface area contributed by atoms with Crippen LogP contribution in [0.2, 0.25) is 0 Å². The minimum Gasteiger partial charge on any atom is -0.296 e. The van der Waals surface area contributed by atoms with E-state index in [0.29, 0.717) is 0 Å². The van der Waals surface area contributed by atoms with Crippen LogP contribution < -0.4 is 0 Å². The molecule has 11 aromatic rings. The fourth-order valence-electron chi connectivity index (χ4n) is 8.69. The maximum atomic E-state index is 4.93. The third-order valence-corrected chi connectivity index (χ3v) is 12.1. The molecular weight excluding hydrogens is 649 g/mol. The number of aryl methyl sites for hydroxylation is 1. The highest BCUT2D eigenvalue weighted by molar-refractivity contribution is 7.27. The van der Waals surface area contributed by atoms with Crippen molar-refractivity contribution in [3.8, 4) is 27.9 Å². The Morgan fingerprint density at radius 3 is 1.65 bits per heavy atom. The van der Waals surface area contributed by atoms with Gasteiger partial charge in [-0.05, 0) is 90.3 Å². The number of nitrogens with zero attached hydrogens (tertiary/aromatic N) is 2. The molecule has 9 aromatic carbocycles. The Bertz CT molecular complexity index is 3160. The number of aromatic nitrogens is 2. The molecule has 0 atom stereocenters. The molecule has 0 aliphatic rings. The Morgan fingerprint density at radius 1 is 0.481 bits per heavy atom. The highest BCUT2D eigenvalue weighted by atomic mass is 32.1. The summed E-state index contributed by atoms with van der Waals surface area (Å²) in [6, 6.07) is 60.3. The van der Waals surface area contributed by atoms with Gasteiger partial charge in [-0.2, -0.15) is 0 Å². The number of imidazole rings is 1. The van der Waals surface area contributed by atoms with Crippen molar-refractivity contribution in [2.24, 2.45) is 0 Å². The van der Waals surface area contributed by atoms with Gasteiger partial charge in [-0.15, -0.1) is 11.3 Å². The first kappa shape index (κ1) is 29.4. The largest absolute Gasteiger partial charge is 0.296 e. The molecule has 0 spiro atoms. The minimum absolute atomic E-state index is 0.869. The molecule has 0 bridgehead atoms. The Kier molecular flexibility index (Phi) is 6.43. The Hall–Kier alpha value is -6.29. The molecular formula is C49H32N2S. The number of fused-ring (bicyclic) bond motifs is 11. The van der Waals surface area contributed by atoms with Gasteiger partial charge in [0.1, 0.15) is 5.82 Å². The summed E-state index contributed by atoms with van der Waals surface area (Å²) < 4.78 is 4.98. The van der Waals surface area contributed by atoms with Crippen LogP contribution in [0.4, 0.5) is 0 Å². The fourth-order valence-corrected chi connectivity index (χ4v) is 9.99. The lowest BCUT2D eigenvalue weighted by Gasteiger charge is -2.18. The van der Waals surface area contributed by atoms with Crippen molar-refractivity contribution in [3.63, 3.8) is 0 Å². The second-order valence-electron chi connectivity index (χ2n) is 13.7. The van der Waals surface area contributed by atoms with Crippen molar-refractivity contribution in [2.75, 3.05) is 0 Å². The van der Waals surface area contributed by atoms with Crippen LogP contribution in [-0.4, -0.2) is 9.55 Å². The molecule has 2 nitrogen and oxygen atoms in total. The molecule has 0 amide bonds. The fraction of sp³-hybridized carbons (Fsp3) is 0.0408. The van der Waals surface area contributed by atoms with Gasteiger partial charge in [0, 0.05) is 37.7 Å². The second-order valence-corrected chi connectivity index (χ2v) is 14.8. The molecule has 0 aliphatic heterocycles. The van der Waals surface area contributed by atoms with Crippen molar-refractivity contribution in [3.05, 3.63) is 170 Å². The molecule has 0 saturated carbocycles. The average molecular weight is 681 g/mol. The molecule has 2 aromatic heterocycles. The van der Waals surface area contributed by atoms with Crippen LogP contribution in [0.5, 0.6) is 0 Å². The van der Waals surface area contributed by atoms with E-state index in [0.717, 1.165) is 29.0 Å². The van der Waals surface area contributed by atoms with E-state index in [2.05, 4.69) is 175 Å². The third-order valence-electron chi connectivity index (χ3n) is 10.9. The molecule has 3 heteroatoms. The van der Waals surface area contributed by atoms with E-state index in [-0.39, 0.29) is 0 Å². The van der Waals surface area contributed by atoms with Gasteiger partial charge < -0.3 is 0 Å². The van der Waals surface area contributed by atoms with Gasteiger partial charge >= 0.3 is 0 Å². The first-order chi connectivity index (χ1) is 25.8. The van der Waals surface area contributed by atoms with Gasteiger partial charge in [0.2, 0.25) is 0 Å². The van der Waals surface area contributed by atoms with Gasteiger partial charge in [-0.25, -0.2) is 4.98 Å². The summed E-state index contributed by atoms with van der Waals surface area (Å²) in [5.74, 6) is 1.08. The van der Waals surface area contributed by atoms with Crippen molar-refractivity contribution in [1.29, 1.82) is 0 Å². The number of para-hydroxylation sites is 2. The lowest BCUT2D eigenvalue weighted by Crippen LogP contribution is -2.00. The Labute approximate surface area is 304 Å².